The first-order chi connectivity index (χ1) is 14.8. The predicted octanol–water partition coefficient (Wildman–Crippen LogP) is 4.56. The number of alkyl carbamates (subject to hydrolysis) is 1. The third kappa shape index (κ3) is 6.03. The fraction of sp³-hybridized carbons (Fsp3) is 0.565. The van der Waals surface area contributed by atoms with E-state index in [0.29, 0.717) is 0 Å². The Morgan fingerprint density at radius 2 is 1.84 bits per heavy atom. The Balaban J connectivity index is 1.76. The monoisotopic (exact) mass is 462 g/mol. The van der Waals surface area contributed by atoms with Gasteiger partial charge in [-0.05, 0) is 78.1 Å². The van der Waals surface area contributed by atoms with Crippen molar-refractivity contribution in [2.75, 3.05) is 11.6 Å². The number of amides is 1. The van der Waals surface area contributed by atoms with Crippen molar-refractivity contribution in [3.05, 3.63) is 36.0 Å². The van der Waals surface area contributed by atoms with Crippen LogP contribution in [0.1, 0.15) is 65.5 Å². The highest BCUT2D eigenvalue weighted by Crippen LogP contribution is 2.38. The second-order valence-electron chi connectivity index (χ2n) is 9.79. The molecule has 1 aromatic heterocycles. The summed E-state index contributed by atoms with van der Waals surface area (Å²) in [6.07, 6.45) is 3.18. The lowest BCUT2D eigenvalue weighted by atomic mass is 10.0. The molecule has 1 aliphatic rings. The maximum atomic E-state index is 11.9. The SMILES string of the molecule is CC(C)NC(=O)O[C@@H]1CC[C@H](c2cc(Nc3ccc(S(C)(=O)=O)cc3)n(C(C)(C)C)n2)C1. The van der Waals surface area contributed by atoms with E-state index in [0.717, 1.165) is 36.5 Å². The minimum atomic E-state index is -3.24. The van der Waals surface area contributed by atoms with E-state index in [1.54, 1.807) is 24.3 Å². The van der Waals surface area contributed by atoms with Crippen LogP contribution in [0.25, 0.3) is 0 Å². The highest BCUT2D eigenvalue weighted by molar-refractivity contribution is 7.90. The average molecular weight is 463 g/mol. The standard InChI is InChI=1S/C23H34N4O4S/c1-15(2)24-22(28)31-18-10-7-16(13-18)20-14-21(27(26-20)23(3,4)5)25-17-8-11-19(12-9-17)32(6,29)30/h8-9,11-12,14-16,18,25H,7,10,13H2,1-6H3,(H,24,28)/t16-,18+/m0/s1. The zero-order chi connectivity index (χ0) is 23.7. The summed E-state index contributed by atoms with van der Waals surface area (Å²) in [7, 11) is -3.24. The first-order valence-electron chi connectivity index (χ1n) is 11.0. The van der Waals surface area contributed by atoms with E-state index < -0.39 is 9.84 Å². The van der Waals surface area contributed by atoms with Gasteiger partial charge >= 0.3 is 6.09 Å². The Morgan fingerprint density at radius 1 is 1.19 bits per heavy atom. The number of sulfone groups is 1. The molecule has 1 aromatic carbocycles. The third-order valence-corrected chi connectivity index (χ3v) is 6.53. The number of carbonyl (C=O) groups excluding carboxylic acids is 1. The molecule has 2 aromatic rings. The highest BCUT2D eigenvalue weighted by Gasteiger charge is 2.32. The number of rotatable bonds is 6. The van der Waals surface area contributed by atoms with E-state index >= 15 is 0 Å². The van der Waals surface area contributed by atoms with Crippen LogP contribution in [0.15, 0.2) is 35.2 Å². The van der Waals surface area contributed by atoms with Gasteiger partial charge in [0.15, 0.2) is 9.84 Å². The second-order valence-corrected chi connectivity index (χ2v) is 11.8. The summed E-state index contributed by atoms with van der Waals surface area (Å²) in [5.41, 5.74) is 1.50. The fourth-order valence-electron chi connectivity index (χ4n) is 3.87. The average Bonchev–Trinajstić information content (AvgIpc) is 3.27. The van der Waals surface area contributed by atoms with Crippen molar-refractivity contribution >= 4 is 27.4 Å². The molecule has 0 aliphatic heterocycles. The van der Waals surface area contributed by atoms with Gasteiger partial charge in [-0.1, -0.05) is 0 Å². The Kier molecular flexibility index (Phi) is 6.88. The second kappa shape index (κ2) is 9.13. The number of carbonyl (C=O) groups is 1. The zero-order valence-electron chi connectivity index (χ0n) is 19.7. The minimum Gasteiger partial charge on any atom is -0.446 e. The lowest BCUT2D eigenvalue weighted by molar-refractivity contribution is 0.0981. The van der Waals surface area contributed by atoms with Gasteiger partial charge in [-0.25, -0.2) is 17.9 Å². The molecule has 1 amide bonds. The van der Waals surface area contributed by atoms with Gasteiger partial charge in [0.2, 0.25) is 0 Å². The van der Waals surface area contributed by atoms with E-state index in [1.807, 2.05) is 24.6 Å². The van der Waals surface area contributed by atoms with Gasteiger partial charge < -0.3 is 15.4 Å². The molecule has 1 aliphatic carbocycles. The van der Waals surface area contributed by atoms with Crippen LogP contribution < -0.4 is 10.6 Å². The molecule has 3 rings (SSSR count). The van der Waals surface area contributed by atoms with Gasteiger partial charge in [-0.2, -0.15) is 5.10 Å². The van der Waals surface area contributed by atoms with Crippen molar-refractivity contribution in [3.8, 4) is 0 Å². The number of hydrogen-bond acceptors (Lipinski definition) is 6. The van der Waals surface area contributed by atoms with Crippen LogP contribution in [0.4, 0.5) is 16.3 Å². The van der Waals surface area contributed by atoms with Crippen LogP contribution in [-0.4, -0.2) is 42.7 Å². The van der Waals surface area contributed by atoms with Gasteiger partial charge in [0.25, 0.3) is 0 Å². The molecule has 176 valence electrons. The first kappa shape index (κ1) is 24.1. The van der Waals surface area contributed by atoms with Crippen molar-refractivity contribution in [3.63, 3.8) is 0 Å². The van der Waals surface area contributed by atoms with Crippen molar-refractivity contribution in [1.29, 1.82) is 0 Å². The van der Waals surface area contributed by atoms with E-state index in [-0.39, 0.29) is 34.6 Å². The van der Waals surface area contributed by atoms with Crippen LogP contribution in [-0.2, 0) is 20.1 Å². The van der Waals surface area contributed by atoms with Crippen molar-refractivity contribution < 1.29 is 17.9 Å². The number of nitrogens with one attached hydrogen (secondary N) is 2. The number of ether oxygens (including phenoxy) is 1. The molecular formula is C23H34N4O4S. The number of benzene rings is 1. The Hall–Kier alpha value is -2.55. The van der Waals surface area contributed by atoms with Crippen LogP contribution in [0, 0.1) is 0 Å². The van der Waals surface area contributed by atoms with Gasteiger partial charge in [-0.15, -0.1) is 0 Å². The van der Waals surface area contributed by atoms with Gasteiger partial charge in [0, 0.05) is 30.0 Å². The van der Waals surface area contributed by atoms with Gasteiger partial charge in [0.1, 0.15) is 11.9 Å². The normalized spacial score (nSPS) is 19.2. The molecule has 8 nitrogen and oxygen atoms in total. The Morgan fingerprint density at radius 3 is 2.41 bits per heavy atom. The molecule has 9 heteroatoms. The molecule has 0 radical (unpaired) electrons. The summed E-state index contributed by atoms with van der Waals surface area (Å²) >= 11 is 0. The van der Waals surface area contributed by atoms with Crippen molar-refractivity contribution in [2.45, 2.75) is 82.4 Å². The molecule has 2 N–H and O–H groups in total. The molecule has 0 bridgehead atoms. The van der Waals surface area contributed by atoms with Crippen LogP contribution >= 0.6 is 0 Å². The van der Waals surface area contributed by atoms with Crippen molar-refractivity contribution in [2.24, 2.45) is 0 Å². The van der Waals surface area contributed by atoms with E-state index in [9.17, 15) is 13.2 Å². The summed E-state index contributed by atoms with van der Waals surface area (Å²) in [5.74, 6) is 1.05. The lowest BCUT2D eigenvalue weighted by Gasteiger charge is -2.23. The molecule has 1 fully saturated rings. The van der Waals surface area contributed by atoms with E-state index in [4.69, 9.17) is 9.84 Å². The van der Waals surface area contributed by atoms with Crippen LogP contribution in [0.3, 0.4) is 0 Å². The summed E-state index contributed by atoms with van der Waals surface area (Å²) in [6.45, 7) is 10.1. The summed E-state index contributed by atoms with van der Waals surface area (Å²) < 4.78 is 30.9. The third-order valence-electron chi connectivity index (χ3n) is 5.40. The van der Waals surface area contributed by atoms with E-state index in [2.05, 4.69) is 31.4 Å². The zero-order valence-corrected chi connectivity index (χ0v) is 20.5. The highest BCUT2D eigenvalue weighted by atomic mass is 32.2. The molecule has 0 saturated heterocycles. The lowest BCUT2D eigenvalue weighted by Crippen LogP contribution is -2.33. The predicted molar refractivity (Wildman–Crippen MR) is 125 cm³/mol. The maximum absolute atomic E-state index is 11.9. The molecule has 2 atom stereocenters. The minimum absolute atomic E-state index is 0.0438. The number of anilines is 2. The smallest absolute Gasteiger partial charge is 0.407 e. The number of nitrogens with zero attached hydrogens (tertiary/aromatic N) is 2. The van der Waals surface area contributed by atoms with Gasteiger partial charge in [-0.3, -0.25) is 0 Å². The topological polar surface area (TPSA) is 102 Å². The van der Waals surface area contributed by atoms with E-state index in [1.165, 1.54) is 6.26 Å². The van der Waals surface area contributed by atoms with Crippen molar-refractivity contribution in [1.82, 2.24) is 15.1 Å². The fourth-order valence-corrected chi connectivity index (χ4v) is 4.50. The van der Waals surface area contributed by atoms with Gasteiger partial charge in [0.05, 0.1) is 16.1 Å². The molecular weight excluding hydrogens is 428 g/mol. The number of aromatic nitrogens is 2. The summed E-state index contributed by atoms with van der Waals surface area (Å²) in [6, 6.07) is 8.78. The Bertz CT molecular complexity index is 1050. The van der Waals surface area contributed by atoms with Crippen LogP contribution in [0.2, 0.25) is 0 Å². The largest absolute Gasteiger partial charge is 0.446 e. The first-order valence-corrected chi connectivity index (χ1v) is 12.9. The summed E-state index contributed by atoms with van der Waals surface area (Å²) in [4.78, 5) is 12.2. The molecule has 32 heavy (non-hydrogen) atoms. The molecule has 1 saturated carbocycles. The quantitative estimate of drug-likeness (QED) is 0.653. The number of hydrogen-bond donors (Lipinski definition) is 2. The van der Waals surface area contributed by atoms with Crippen LogP contribution in [0.5, 0.6) is 0 Å². The molecule has 1 heterocycles. The maximum Gasteiger partial charge on any atom is 0.407 e. The molecule has 0 spiro atoms. The Labute approximate surface area is 190 Å². The summed E-state index contributed by atoms with van der Waals surface area (Å²) in [5, 5.41) is 11.0. The molecule has 0 unspecified atom stereocenters.